The number of phenolic OH excluding ortho intramolecular Hbond substituents is 1. The van der Waals surface area contributed by atoms with Crippen LogP contribution in [0, 0.1) is 19.8 Å². The third-order valence-corrected chi connectivity index (χ3v) is 5.76. The summed E-state index contributed by atoms with van der Waals surface area (Å²) in [4.78, 5) is 17.2. The molecule has 5 nitrogen and oxygen atoms in total. The number of ether oxygens (including phenoxy) is 1. The Morgan fingerprint density at radius 3 is 2.31 bits per heavy atom. The molecule has 0 radical (unpaired) electrons. The van der Waals surface area contributed by atoms with Crippen molar-refractivity contribution in [1.29, 1.82) is 0 Å². The molecule has 0 aromatic heterocycles. The molecular weight excluding hydrogens is 328 g/mol. The van der Waals surface area contributed by atoms with Crippen molar-refractivity contribution in [3.8, 4) is 5.75 Å². The number of morpholine rings is 1. The fraction of sp³-hybridized carbons (Fsp3) is 0.667. The van der Waals surface area contributed by atoms with Crippen LogP contribution >= 0.6 is 0 Å². The predicted molar refractivity (Wildman–Crippen MR) is 102 cm³/mol. The number of amides is 1. The summed E-state index contributed by atoms with van der Waals surface area (Å²) < 4.78 is 5.74. The molecule has 2 saturated heterocycles. The van der Waals surface area contributed by atoms with Gasteiger partial charge in [0.05, 0.1) is 12.2 Å². The van der Waals surface area contributed by atoms with Gasteiger partial charge in [0.2, 0.25) is 5.91 Å². The number of rotatable bonds is 3. The van der Waals surface area contributed by atoms with Gasteiger partial charge in [-0.1, -0.05) is 6.07 Å². The molecule has 0 bridgehead atoms. The maximum atomic E-state index is 12.9. The Hall–Kier alpha value is -1.59. The van der Waals surface area contributed by atoms with E-state index in [-0.39, 0.29) is 18.1 Å². The van der Waals surface area contributed by atoms with Gasteiger partial charge in [-0.3, -0.25) is 9.69 Å². The standard InChI is InChI=1S/C21H32N2O3/c1-14-9-19(20(24)10-15(14)2)13-22-7-5-18(6-8-22)21(25)23-11-16(3)26-17(4)12-23/h9-10,16-18,24H,5-8,11-13H2,1-4H3/t16-,17-/m1/s1. The minimum Gasteiger partial charge on any atom is -0.508 e. The zero-order chi connectivity index (χ0) is 18.8. The van der Waals surface area contributed by atoms with E-state index in [1.54, 1.807) is 0 Å². The number of carbonyl (C=O) groups excluding carboxylic acids is 1. The highest BCUT2D eigenvalue weighted by Gasteiger charge is 2.32. The van der Waals surface area contributed by atoms with Crippen LogP contribution in [0.2, 0.25) is 0 Å². The van der Waals surface area contributed by atoms with Crippen molar-refractivity contribution in [2.75, 3.05) is 26.2 Å². The highest BCUT2D eigenvalue weighted by Crippen LogP contribution is 2.27. The monoisotopic (exact) mass is 360 g/mol. The summed E-state index contributed by atoms with van der Waals surface area (Å²) in [5.74, 6) is 0.792. The third kappa shape index (κ3) is 4.38. The Labute approximate surface area is 156 Å². The average molecular weight is 360 g/mol. The molecule has 2 aliphatic heterocycles. The van der Waals surface area contributed by atoms with Gasteiger partial charge in [-0.25, -0.2) is 0 Å². The molecule has 0 saturated carbocycles. The average Bonchev–Trinajstić information content (AvgIpc) is 2.59. The Kier molecular flexibility index (Phi) is 5.88. The molecule has 1 amide bonds. The second kappa shape index (κ2) is 7.97. The molecular formula is C21H32N2O3. The Morgan fingerprint density at radius 1 is 1.12 bits per heavy atom. The summed E-state index contributed by atoms with van der Waals surface area (Å²) in [5.41, 5.74) is 3.30. The first-order valence-corrected chi connectivity index (χ1v) is 9.79. The van der Waals surface area contributed by atoms with Crippen LogP contribution < -0.4 is 0 Å². The van der Waals surface area contributed by atoms with Gasteiger partial charge in [-0.15, -0.1) is 0 Å². The number of phenols is 1. The SMILES string of the molecule is Cc1cc(O)c(CN2CCC(C(=O)N3C[C@@H](C)O[C@H](C)C3)CC2)cc1C. The summed E-state index contributed by atoms with van der Waals surface area (Å²) in [7, 11) is 0. The van der Waals surface area contributed by atoms with Gasteiger partial charge in [0, 0.05) is 31.1 Å². The fourth-order valence-electron chi connectivity index (χ4n) is 4.18. The molecule has 0 spiro atoms. The summed E-state index contributed by atoms with van der Waals surface area (Å²) in [6, 6.07) is 3.93. The number of aryl methyl sites for hydroxylation is 2. The molecule has 26 heavy (non-hydrogen) atoms. The summed E-state index contributed by atoms with van der Waals surface area (Å²) >= 11 is 0. The predicted octanol–water partition coefficient (Wildman–Crippen LogP) is 2.86. The lowest BCUT2D eigenvalue weighted by molar-refractivity contribution is -0.148. The number of benzene rings is 1. The summed E-state index contributed by atoms with van der Waals surface area (Å²) in [5, 5.41) is 10.2. The fourth-order valence-corrected chi connectivity index (χ4v) is 4.18. The van der Waals surface area contributed by atoms with Gasteiger partial charge in [-0.2, -0.15) is 0 Å². The van der Waals surface area contributed by atoms with E-state index in [9.17, 15) is 9.90 Å². The van der Waals surface area contributed by atoms with Crippen LogP contribution in [-0.2, 0) is 16.1 Å². The maximum absolute atomic E-state index is 12.9. The lowest BCUT2D eigenvalue weighted by atomic mass is 9.94. The number of nitrogens with zero attached hydrogens (tertiary/aromatic N) is 2. The Balaban J connectivity index is 1.54. The molecule has 2 atom stereocenters. The smallest absolute Gasteiger partial charge is 0.225 e. The van der Waals surface area contributed by atoms with E-state index in [1.807, 2.05) is 31.7 Å². The van der Waals surface area contributed by atoms with Crippen molar-refractivity contribution in [1.82, 2.24) is 9.80 Å². The van der Waals surface area contributed by atoms with E-state index in [4.69, 9.17) is 4.74 Å². The summed E-state index contributed by atoms with van der Waals surface area (Å²) in [6.07, 6.45) is 2.03. The molecule has 2 aliphatic rings. The number of hydrogen-bond donors (Lipinski definition) is 1. The highest BCUT2D eigenvalue weighted by atomic mass is 16.5. The largest absolute Gasteiger partial charge is 0.508 e. The second-order valence-electron chi connectivity index (χ2n) is 8.12. The van der Waals surface area contributed by atoms with E-state index >= 15 is 0 Å². The molecule has 2 fully saturated rings. The van der Waals surface area contributed by atoms with Crippen LogP contribution in [0.4, 0.5) is 0 Å². The van der Waals surface area contributed by atoms with Crippen LogP contribution in [0.5, 0.6) is 5.75 Å². The van der Waals surface area contributed by atoms with Crippen LogP contribution in [0.1, 0.15) is 43.4 Å². The van der Waals surface area contributed by atoms with Gasteiger partial charge in [0.15, 0.2) is 0 Å². The second-order valence-corrected chi connectivity index (χ2v) is 8.12. The lowest BCUT2D eigenvalue weighted by Crippen LogP contribution is -2.51. The van der Waals surface area contributed by atoms with Crippen molar-refractivity contribution >= 4 is 5.91 Å². The Bertz CT molecular complexity index is 643. The number of piperidine rings is 1. The van der Waals surface area contributed by atoms with Gasteiger partial charge in [0.25, 0.3) is 0 Å². The molecule has 2 heterocycles. The number of aromatic hydroxyl groups is 1. The van der Waals surface area contributed by atoms with Gasteiger partial charge < -0.3 is 14.7 Å². The minimum absolute atomic E-state index is 0.121. The van der Waals surface area contributed by atoms with Crippen molar-refractivity contribution < 1.29 is 14.6 Å². The number of likely N-dealkylation sites (tertiary alicyclic amines) is 1. The Morgan fingerprint density at radius 2 is 1.69 bits per heavy atom. The van der Waals surface area contributed by atoms with E-state index < -0.39 is 0 Å². The van der Waals surface area contributed by atoms with Crippen LogP contribution in [0.3, 0.4) is 0 Å². The minimum atomic E-state index is 0.121. The van der Waals surface area contributed by atoms with Crippen molar-refractivity contribution in [3.05, 3.63) is 28.8 Å². The maximum Gasteiger partial charge on any atom is 0.225 e. The number of hydrogen-bond acceptors (Lipinski definition) is 4. The van der Waals surface area contributed by atoms with E-state index in [1.165, 1.54) is 5.56 Å². The quantitative estimate of drug-likeness (QED) is 0.901. The molecule has 144 valence electrons. The topological polar surface area (TPSA) is 53.0 Å². The molecule has 1 N–H and O–H groups in total. The normalized spacial score (nSPS) is 25.5. The molecule has 5 heteroatoms. The molecule has 1 aromatic rings. The zero-order valence-corrected chi connectivity index (χ0v) is 16.5. The molecule has 1 aromatic carbocycles. The molecule has 3 rings (SSSR count). The van der Waals surface area contributed by atoms with Gasteiger partial charge >= 0.3 is 0 Å². The summed E-state index contributed by atoms with van der Waals surface area (Å²) in [6.45, 7) is 12.1. The first kappa shape index (κ1) is 19.2. The zero-order valence-electron chi connectivity index (χ0n) is 16.5. The van der Waals surface area contributed by atoms with E-state index in [2.05, 4.69) is 17.9 Å². The van der Waals surface area contributed by atoms with Crippen LogP contribution in [0.15, 0.2) is 12.1 Å². The first-order valence-electron chi connectivity index (χ1n) is 9.79. The van der Waals surface area contributed by atoms with Crippen molar-refractivity contribution in [3.63, 3.8) is 0 Å². The third-order valence-electron chi connectivity index (χ3n) is 5.76. The first-order chi connectivity index (χ1) is 12.3. The molecule has 0 aliphatic carbocycles. The van der Waals surface area contributed by atoms with E-state index in [0.717, 1.165) is 43.6 Å². The van der Waals surface area contributed by atoms with Gasteiger partial charge in [0.1, 0.15) is 5.75 Å². The molecule has 0 unspecified atom stereocenters. The lowest BCUT2D eigenvalue weighted by Gasteiger charge is -2.39. The van der Waals surface area contributed by atoms with Gasteiger partial charge in [-0.05, 0) is 70.8 Å². The van der Waals surface area contributed by atoms with Crippen molar-refractivity contribution in [2.24, 2.45) is 5.92 Å². The van der Waals surface area contributed by atoms with Crippen LogP contribution in [-0.4, -0.2) is 59.2 Å². The van der Waals surface area contributed by atoms with Crippen molar-refractivity contribution in [2.45, 2.75) is 59.3 Å². The highest BCUT2D eigenvalue weighted by molar-refractivity contribution is 5.79. The number of carbonyl (C=O) groups is 1. The van der Waals surface area contributed by atoms with Crippen LogP contribution in [0.25, 0.3) is 0 Å². The van der Waals surface area contributed by atoms with E-state index in [0.29, 0.717) is 24.7 Å².